The van der Waals surface area contributed by atoms with E-state index in [1.54, 1.807) is 6.92 Å². The molecule has 0 radical (unpaired) electrons. The molecular weight excluding hydrogens is 176 g/mol. The van der Waals surface area contributed by atoms with Crippen molar-refractivity contribution in [1.29, 1.82) is 0 Å². The summed E-state index contributed by atoms with van der Waals surface area (Å²) in [6, 6.07) is 0. The zero-order valence-corrected chi connectivity index (χ0v) is 6.91. The zero-order valence-electron chi connectivity index (χ0n) is 6.91. The number of rotatable bonds is 3. The van der Waals surface area contributed by atoms with Crippen molar-refractivity contribution in [3.63, 3.8) is 0 Å². The molecule has 13 heavy (non-hydrogen) atoms. The Labute approximate surface area is 72.9 Å². The van der Waals surface area contributed by atoms with Gasteiger partial charge in [-0.25, -0.2) is 9.59 Å². The number of aromatic nitrogens is 4. The van der Waals surface area contributed by atoms with Crippen LogP contribution in [0.1, 0.15) is 6.92 Å². The van der Waals surface area contributed by atoms with Gasteiger partial charge in [-0.15, -0.1) is 0 Å². The second-order valence-electron chi connectivity index (χ2n) is 2.18. The van der Waals surface area contributed by atoms with Crippen LogP contribution < -0.4 is 5.69 Å². The quantitative estimate of drug-likeness (QED) is 0.609. The maximum absolute atomic E-state index is 11.2. The number of carboxylic acid groups (broad SMARTS) is 1. The van der Waals surface area contributed by atoms with E-state index in [2.05, 4.69) is 10.4 Å². The molecule has 0 aliphatic heterocycles. The van der Waals surface area contributed by atoms with Crippen LogP contribution in [-0.4, -0.2) is 30.9 Å². The number of carboxylic acids is 1. The fourth-order valence-corrected chi connectivity index (χ4v) is 0.713. The lowest BCUT2D eigenvalue weighted by atomic mass is 10.6. The Bertz CT molecular complexity index is 389. The van der Waals surface area contributed by atoms with E-state index in [9.17, 15) is 9.59 Å². The first-order chi connectivity index (χ1) is 6.15. The average molecular weight is 184 g/mol. The molecule has 0 atom stereocenters. The second kappa shape index (κ2) is 3.65. The Morgan fingerprint density at radius 3 is 2.77 bits per heavy atom. The first-order valence-corrected chi connectivity index (χ1v) is 3.58. The zero-order chi connectivity index (χ0) is 9.84. The molecule has 1 aromatic rings. The van der Waals surface area contributed by atoms with E-state index in [4.69, 9.17) is 5.11 Å². The molecule has 0 saturated heterocycles. The van der Waals surface area contributed by atoms with Gasteiger partial charge < -0.3 is 5.11 Å². The molecule has 7 heteroatoms. The van der Waals surface area contributed by atoms with Gasteiger partial charge in [-0.2, -0.15) is 9.36 Å². The standard InChI is InChI=1S/C6H8N4O3/c1-2-9-6(13)10(8-7-9)4-3-5(11)12/h3-4H,2H2,1H3,(H,11,12)/b4-3+. The number of nitrogens with zero attached hydrogens (tertiary/aromatic N) is 4. The highest BCUT2D eigenvalue weighted by Gasteiger charge is 2.01. The number of hydrogen-bond donors (Lipinski definition) is 1. The van der Waals surface area contributed by atoms with Crippen LogP contribution in [0.25, 0.3) is 6.20 Å². The molecule has 1 rings (SSSR count). The first-order valence-electron chi connectivity index (χ1n) is 3.58. The highest BCUT2D eigenvalue weighted by atomic mass is 16.4. The van der Waals surface area contributed by atoms with Gasteiger partial charge in [0.1, 0.15) is 0 Å². The first kappa shape index (κ1) is 9.17. The summed E-state index contributed by atoms with van der Waals surface area (Å²) in [4.78, 5) is 21.3. The molecule has 0 fully saturated rings. The van der Waals surface area contributed by atoms with E-state index >= 15 is 0 Å². The number of aliphatic carboxylic acids is 1. The van der Waals surface area contributed by atoms with Crippen molar-refractivity contribution < 1.29 is 9.90 Å². The van der Waals surface area contributed by atoms with Gasteiger partial charge in [0.05, 0.1) is 0 Å². The van der Waals surface area contributed by atoms with Crippen molar-refractivity contribution in [2.24, 2.45) is 0 Å². The summed E-state index contributed by atoms with van der Waals surface area (Å²) in [5.74, 6) is -1.14. The smallest absolute Gasteiger partial charge is 0.367 e. The van der Waals surface area contributed by atoms with E-state index in [0.717, 1.165) is 21.6 Å². The molecule has 0 aliphatic rings. The minimum atomic E-state index is -1.14. The minimum absolute atomic E-state index is 0.403. The number of tetrazole rings is 1. The van der Waals surface area contributed by atoms with Crippen LogP contribution in [0.2, 0.25) is 0 Å². The van der Waals surface area contributed by atoms with E-state index < -0.39 is 11.7 Å². The van der Waals surface area contributed by atoms with Crippen LogP contribution in [0.3, 0.4) is 0 Å². The maximum Gasteiger partial charge on any atom is 0.367 e. The maximum atomic E-state index is 11.2. The van der Waals surface area contributed by atoms with Gasteiger partial charge in [0.25, 0.3) is 0 Å². The highest BCUT2D eigenvalue weighted by Crippen LogP contribution is 1.78. The Morgan fingerprint density at radius 1 is 1.62 bits per heavy atom. The molecule has 0 bridgehead atoms. The molecule has 1 aromatic heterocycles. The monoisotopic (exact) mass is 184 g/mol. The van der Waals surface area contributed by atoms with Gasteiger partial charge in [0.15, 0.2) is 0 Å². The summed E-state index contributed by atoms with van der Waals surface area (Å²) in [5.41, 5.74) is -0.458. The summed E-state index contributed by atoms with van der Waals surface area (Å²) >= 11 is 0. The van der Waals surface area contributed by atoms with Crippen molar-refractivity contribution in [2.75, 3.05) is 0 Å². The third-order valence-electron chi connectivity index (χ3n) is 1.32. The van der Waals surface area contributed by atoms with Crippen molar-refractivity contribution in [3.8, 4) is 0 Å². The third-order valence-corrected chi connectivity index (χ3v) is 1.32. The van der Waals surface area contributed by atoms with E-state index in [-0.39, 0.29) is 0 Å². The molecule has 0 spiro atoms. The lowest BCUT2D eigenvalue weighted by molar-refractivity contribution is -0.131. The Balaban J connectivity index is 2.97. The molecule has 0 unspecified atom stereocenters. The summed E-state index contributed by atoms with van der Waals surface area (Å²) in [7, 11) is 0. The van der Waals surface area contributed by atoms with Gasteiger partial charge in [0.2, 0.25) is 0 Å². The fourth-order valence-electron chi connectivity index (χ4n) is 0.713. The summed E-state index contributed by atoms with van der Waals surface area (Å²) in [5, 5.41) is 15.2. The molecule has 0 aliphatic carbocycles. The molecule has 1 N–H and O–H groups in total. The lowest BCUT2D eigenvalue weighted by Gasteiger charge is -1.86. The third kappa shape index (κ3) is 2.01. The van der Waals surface area contributed by atoms with Crippen LogP contribution in [0.15, 0.2) is 10.9 Å². The van der Waals surface area contributed by atoms with Crippen LogP contribution in [0.4, 0.5) is 0 Å². The molecule has 0 saturated carbocycles. The summed E-state index contributed by atoms with van der Waals surface area (Å²) < 4.78 is 1.98. The van der Waals surface area contributed by atoms with Crippen molar-refractivity contribution in [1.82, 2.24) is 19.8 Å². The summed E-state index contributed by atoms with van der Waals surface area (Å²) in [6.07, 6.45) is 1.86. The molecule has 1 heterocycles. The molecule has 7 nitrogen and oxygen atoms in total. The summed E-state index contributed by atoms with van der Waals surface area (Å²) in [6.45, 7) is 2.14. The largest absolute Gasteiger partial charge is 0.478 e. The topological polar surface area (TPSA) is 90.0 Å². The van der Waals surface area contributed by atoms with Crippen molar-refractivity contribution in [3.05, 3.63) is 16.6 Å². The number of aryl methyl sites for hydroxylation is 1. The SMILES string of the molecule is CCn1nnn(/C=C/C(=O)O)c1=O. The predicted octanol–water partition coefficient (Wildman–Crippen LogP) is -0.985. The van der Waals surface area contributed by atoms with E-state index in [1.165, 1.54) is 0 Å². The molecule has 0 amide bonds. The van der Waals surface area contributed by atoms with Crippen LogP contribution in [-0.2, 0) is 11.3 Å². The second-order valence-corrected chi connectivity index (χ2v) is 2.18. The van der Waals surface area contributed by atoms with E-state index in [0.29, 0.717) is 6.54 Å². The lowest BCUT2D eigenvalue weighted by Crippen LogP contribution is -2.21. The van der Waals surface area contributed by atoms with Gasteiger partial charge in [-0.3, -0.25) is 0 Å². The van der Waals surface area contributed by atoms with Crippen LogP contribution >= 0.6 is 0 Å². The van der Waals surface area contributed by atoms with Gasteiger partial charge in [-0.1, -0.05) is 0 Å². The molecule has 0 aromatic carbocycles. The average Bonchev–Trinajstić information content (AvgIpc) is 2.43. The van der Waals surface area contributed by atoms with Crippen LogP contribution in [0, 0.1) is 0 Å². The Morgan fingerprint density at radius 2 is 2.31 bits per heavy atom. The Kier molecular flexibility index (Phi) is 2.58. The van der Waals surface area contributed by atoms with Gasteiger partial charge in [0, 0.05) is 18.8 Å². The fraction of sp³-hybridized carbons (Fsp3) is 0.333. The minimum Gasteiger partial charge on any atom is -0.478 e. The van der Waals surface area contributed by atoms with Crippen molar-refractivity contribution in [2.45, 2.75) is 13.5 Å². The molecular formula is C6H8N4O3. The highest BCUT2D eigenvalue weighted by molar-refractivity contribution is 5.82. The van der Waals surface area contributed by atoms with Gasteiger partial charge in [-0.05, 0) is 17.4 Å². The number of hydrogen-bond acceptors (Lipinski definition) is 4. The number of carbonyl (C=O) groups is 1. The van der Waals surface area contributed by atoms with E-state index in [1.807, 2.05) is 0 Å². The van der Waals surface area contributed by atoms with Crippen molar-refractivity contribution >= 4 is 12.2 Å². The Hall–Kier alpha value is -1.92. The molecule has 70 valence electrons. The van der Waals surface area contributed by atoms with Crippen LogP contribution in [0.5, 0.6) is 0 Å². The normalized spacial score (nSPS) is 10.8. The predicted molar refractivity (Wildman–Crippen MR) is 42.9 cm³/mol. The van der Waals surface area contributed by atoms with Gasteiger partial charge >= 0.3 is 11.7 Å².